The largest absolute Gasteiger partial charge is 0.464 e. The molecule has 6 heteroatoms. The van der Waals surface area contributed by atoms with Gasteiger partial charge in [-0.25, -0.2) is 0 Å². The molecule has 0 atom stereocenters. The summed E-state index contributed by atoms with van der Waals surface area (Å²) in [7, 11) is 3.71. The lowest BCUT2D eigenvalue weighted by molar-refractivity contribution is -0.142. The van der Waals surface area contributed by atoms with Crippen LogP contribution >= 0.6 is 0 Å². The number of hydrogen-bond donors (Lipinski definition) is 0. The molecule has 1 aliphatic carbocycles. The van der Waals surface area contributed by atoms with Crippen molar-refractivity contribution in [3.05, 3.63) is 65.1 Å². The fourth-order valence-electron chi connectivity index (χ4n) is 2.74. The topological polar surface area (TPSA) is 76.8 Å². The SMILES string of the molecule is C=C1c2ccccc2C(=O)c2cc(C(=O)CC(=O)OCCN(C)C)oc21. The second kappa shape index (κ2) is 7.09. The summed E-state index contributed by atoms with van der Waals surface area (Å²) < 4.78 is 10.6. The highest BCUT2D eigenvalue weighted by Gasteiger charge is 2.31. The van der Waals surface area contributed by atoms with E-state index in [1.807, 2.05) is 19.0 Å². The zero-order valence-corrected chi connectivity index (χ0v) is 14.7. The lowest BCUT2D eigenvalue weighted by Gasteiger charge is -2.15. The van der Waals surface area contributed by atoms with Crippen LogP contribution in [0.25, 0.3) is 5.57 Å². The molecule has 1 aromatic heterocycles. The van der Waals surface area contributed by atoms with Crippen molar-refractivity contribution in [3.8, 4) is 0 Å². The minimum atomic E-state index is -0.625. The average molecular weight is 353 g/mol. The highest BCUT2D eigenvalue weighted by atomic mass is 16.5. The Morgan fingerprint density at radius 2 is 1.85 bits per heavy atom. The maximum absolute atomic E-state index is 12.6. The van der Waals surface area contributed by atoms with Crippen molar-refractivity contribution in [3.63, 3.8) is 0 Å². The van der Waals surface area contributed by atoms with Gasteiger partial charge in [0.2, 0.25) is 5.78 Å². The van der Waals surface area contributed by atoms with Crippen LogP contribution in [0.3, 0.4) is 0 Å². The Bertz CT molecular complexity index is 854. The number of esters is 1. The van der Waals surface area contributed by atoms with Gasteiger partial charge in [-0.15, -0.1) is 0 Å². The third kappa shape index (κ3) is 3.36. The van der Waals surface area contributed by atoms with E-state index in [1.54, 1.807) is 24.3 Å². The Morgan fingerprint density at radius 1 is 1.15 bits per heavy atom. The van der Waals surface area contributed by atoms with E-state index < -0.39 is 18.2 Å². The van der Waals surface area contributed by atoms with Crippen molar-refractivity contribution in [2.45, 2.75) is 6.42 Å². The van der Waals surface area contributed by atoms with Crippen LogP contribution in [0.4, 0.5) is 0 Å². The maximum Gasteiger partial charge on any atom is 0.313 e. The van der Waals surface area contributed by atoms with Crippen molar-refractivity contribution in [2.75, 3.05) is 27.2 Å². The Morgan fingerprint density at radius 3 is 2.54 bits per heavy atom. The number of carbonyl (C=O) groups is 3. The second-order valence-corrected chi connectivity index (χ2v) is 6.33. The van der Waals surface area contributed by atoms with Crippen LogP contribution in [0.2, 0.25) is 0 Å². The number of ether oxygens (including phenoxy) is 1. The zero-order chi connectivity index (χ0) is 18.8. The molecular weight excluding hydrogens is 334 g/mol. The van der Waals surface area contributed by atoms with Crippen LogP contribution < -0.4 is 0 Å². The number of rotatable bonds is 6. The fraction of sp³-hybridized carbons (Fsp3) is 0.250. The molecule has 1 aliphatic rings. The number of nitrogens with zero attached hydrogens (tertiary/aromatic N) is 1. The molecule has 0 saturated carbocycles. The number of ketones is 2. The third-order valence-electron chi connectivity index (χ3n) is 4.13. The van der Waals surface area contributed by atoms with E-state index in [0.29, 0.717) is 23.2 Å². The summed E-state index contributed by atoms with van der Waals surface area (Å²) in [4.78, 5) is 38.6. The summed E-state index contributed by atoms with van der Waals surface area (Å²) >= 11 is 0. The zero-order valence-electron chi connectivity index (χ0n) is 14.7. The second-order valence-electron chi connectivity index (χ2n) is 6.33. The lowest BCUT2D eigenvalue weighted by Crippen LogP contribution is -2.21. The average Bonchev–Trinajstić information content (AvgIpc) is 3.05. The quantitative estimate of drug-likeness (QED) is 0.385. The van der Waals surface area contributed by atoms with Gasteiger partial charge in [0.25, 0.3) is 0 Å². The van der Waals surface area contributed by atoms with Crippen LogP contribution in [-0.4, -0.2) is 49.7 Å². The third-order valence-corrected chi connectivity index (χ3v) is 4.13. The Labute approximate surface area is 151 Å². The van der Waals surface area contributed by atoms with Gasteiger partial charge in [0.15, 0.2) is 11.5 Å². The predicted molar refractivity (Wildman–Crippen MR) is 95.2 cm³/mol. The molecule has 26 heavy (non-hydrogen) atoms. The van der Waals surface area contributed by atoms with E-state index in [0.717, 1.165) is 0 Å². The van der Waals surface area contributed by atoms with Crippen LogP contribution in [0.15, 0.2) is 41.3 Å². The molecule has 1 heterocycles. The molecule has 0 aliphatic heterocycles. The Kier molecular flexibility index (Phi) is 4.86. The van der Waals surface area contributed by atoms with Crippen molar-refractivity contribution >= 4 is 23.1 Å². The highest BCUT2D eigenvalue weighted by Crippen LogP contribution is 2.36. The normalized spacial score (nSPS) is 12.7. The molecule has 1 aromatic carbocycles. The molecule has 2 aromatic rings. The molecule has 0 amide bonds. The standard InChI is InChI=1S/C20H19NO5/c1-12-13-6-4-5-7-14(13)19(24)15-10-17(26-20(12)15)16(22)11-18(23)25-9-8-21(2)3/h4-7,10H,1,8-9,11H2,2-3H3. The highest BCUT2D eigenvalue weighted by molar-refractivity contribution is 6.19. The fourth-order valence-corrected chi connectivity index (χ4v) is 2.74. The Hall–Kier alpha value is -2.99. The van der Waals surface area contributed by atoms with Crippen LogP contribution in [-0.2, 0) is 9.53 Å². The van der Waals surface area contributed by atoms with Gasteiger partial charge in [0.1, 0.15) is 18.8 Å². The molecule has 0 bridgehead atoms. The van der Waals surface area contributed by atoms with Gasteiger partial charge >= 0.3 is 5.97 Å². The van der Waals surface area contributed by atoms with Gasteiger partial charge in [0, 0.05) is 17.7 Å². The van der Waals surface area contributed by atoms with Crippen molar-refractivity contribution < 1.29 is 23.5 Å². The molecular formula is C20H19NO5. The minimum Gasteiger partial charge on any atom is -0.464 e. The summed E-state index contributed by atoms with van der Waals surface area (Å²) in [6.45, 7) is 4.75. The van der Waals surface area contributed by atoms with Gasteiger partial charge in [0.05, 0.1) is 5.56 Å². The van der Waals surface area contributed by atoms with E-state index in [2.05, 4.69) is 6.58 Å². The first-order valence-corrected chi connectivity index (χ1v) is 8.19. The van der Waals surface area contributed by atoms with Gasteiger partial charge in [-0.3, -0.25) is 14.4 Å². The van der Waals surface area contributed by atoms with E-state index in [1.165, 1.54) is 6.07 Å². The predicted octanol–water partition coefficient (Wildman–Crippen LogP) is 2.56. The van der Waals surface area contributed by atoms with Crippen molar-refractivity contribution in [1.29, 1.82) is 0 Å². The number of benzene rings is 1. The molecule has 0 N–H and O–H groups in total. The first kappa shape index (κ1) is 17.8. The van der Waals surface area contributed by atoms with E-state index in [9.17, 15) is 14.4 Å². The number of hydrogen-bond acceptors (Lipinski definition) is 6. The molecule has 0 radical (unpaired) electrons. The molecule has 0 fully saturated rings. The summed E-state index contributed by atoms with van der Waals surface area (Å²) in [6, 6.07) is 8.45. The van der Waals surface area contributed by atoms with Crippen molar-refractivity contribution in [1.82, 2.24) is 4.90 Å². The van der Waals surface area contributed by atoms with Gasteiger partial charge in [-0.2, -0.15) is 0 Å². The van der Waals surface area contributed by atoms with Gasteiger partial charge in [-0.05, 0) is 25.7 Å². The van der Waals surface area contributed by atoms with Gasteiger partial charge in [-0.1, -0.05) is 30.8 Å². The molecule has 134 valence electrons. The molecule has 0 unspecified atom stereocenters. The summed E-state index contributed by atoms with van der Waals surface area (Å²) in [5.41, 5.74) is 2.04. The maximum atomic E-state index is 12.6. The number of carbonyl (C=O) groups excluding carboxylic acids is 3. The summed E-state index contributed by atoms with van der Waals surface area (Å²) in [5.74, 6) is -1.14. The number of likely N-dealkylation sites (N-methyl/N-ethyl adjacent to an activating group) is 1. The number of Topliss-reactive ketones (excluding diaryl/α,β-unsaturated/α-hetero) is 1. The lowest BCUT2D eigenvalue weighted by atomic mass is 9.86. The van der Waals surface area contributed by atoms with Crippen LogP contribution in [0.5, 0.6) is 0 Å². The first-order valence-electron chi connectivity index (χ1n) is 8.19. The van der Waals surface area contributed by atoms with E-state index in [-0.39, 0.29) is 29.5 Å². The minimum absolute atomic E-state index is 0.0399. The van der Waals surface area contributed by atoms with Gasteiger partial charge < -0.3 is 14.1 Å². The van der Waals surface area contributed by atoms with Crippen LogP contribution in [0, 0.1) is 0 Å². The smallest absolute Gasteiger partial charge is 0.313 e. The number of furan rings is 1. The summed E-state index contributed by atoms with van der Waals surface area (Å²) in [5, 5.41) is 0. The molecule has 3 rings (SSSR count). The Balaban J connectivity index is 1.76. The van der Waals surface area contributed by atoms with E-state index >= 15 is 0 Å². The molecule has 6 nitrogen and oxygen atoms in total. The monoisotopic (exact) mass is 353 g/mol. The van der Waals surface area contributed by atoms with Crippen molar-refractivity contribution in [2.24, 2.45) is 0 Å². The summed E-state index contributed by atoms with van der Waals surface area (Å²) in [6.07, 6.45) is -0.437. The molecule has 0 saturated heterocycles. The number of fused-ring (bicyclic) bond motifs is 2. The first-order chi connectivity index (χ1) is 12.4. The van der Waals surface area contributed by atoms with Crippen LogP contribution in [0.1, 0.15) is 44.2 Å². The molecule has 0 spiro atoms. The van der Waals surface area contributed by atoms with E-state index in [4.69, 9.17) is 9.15 Å².